The molecule has 0 bridgehead atoms. The summed E-state index contributed by atoms with van der Waals surface area (Å²) in [6, 6.07) is 12.5. The summed E-state index contributed by atoms with van der Waals surface area (Å²) in [5.74, 6) is -0.993. The maximum Gasteiger partial charge on any atom is 0.387 e. The summed E-state index contributed by atoms with van der Waals surface area (Å²) in [5.41, 5.74) is 0.459. The van der Waals surface area contributed by atoms with E-state index in [4.69, 9.17) is 16.3 Å². The highest BCUT2D eigenvalue weighted by Crippen LogP contribution is 2.45. The highest BCUT2D eigenvalue weighted by atomic mass is 35.5. The lowest BCUT2D eigenvalue weighted by Crippen LogP contribution is -2.44. The number of hydrogen-bond donors (Lipinski definition) is 1. The fourth-order valence-electron chi connectivity index (χ4n) is 3.10. The van der Waals surface area contributed by atoms with E-state index in [1.807, 2.05) is 0 Å². The van der Waals surface area contributed by atoms with Crippen LogP contribution in [0.2, 0.25) is 5.02 Å². The van der Waals surface area contributed by atoms with Crippen LogP contribution in [0.4, 0.5) is 14.5 Å². The van der Waals surface area contributed by atoms with Crippen molar-refractivity contribution < 1.29 is 27.8 Å². The van der Waals surface area contributed by atoms with Crippen molar-refractivity contribution >= 4 is 29.2 Å². The summed E-state index contributed by atoms with van der Waals surface area (Å²) in [6.45, 7) is -3.36. The van der Waals surface area contributed by atoms with E-state index < -0.39 is 30.5 Å². The SMILES string of the molecule is O=C(COC(=O)C1(c2ccc(Cl)cc2)CCC1)Nc1ccc(OC(F)F)cc1. The molecule has 148 valence electrons. The Morgan fingerprint density at radius 1 is 1.07 bits per heavy atom. The maximum absolute atomic E-state index is 12.6. The summed E-state index contributed by atoms with van der Waals surface area (Å²) in [4.78, 5) is 24.7. The molecule has 0 aliphatic heterocycles. The summed E-state index contributed by atoms with van der Waals surface area (Å²) in [5, 5.41) is 3.12. The second kappa shape index (κ2) is 8.56. The molecule has 2 aromatic carbocycles. The molecule has 8 heteroatoms. The van der Waals surface area contributed by atoms with Crippen molar-refractivity contribution in [3.8, 4) is 5.75 Å². The Kier molecular flexibility index (Phi) is 6.14. The average molecular weight is 410 g/mol. The number of ether oxygens (including phenoxy) is 2. The third kappa shape index (κ3) is 4.59. The van der Waals surface area contributed by atoms with Gasteiger partial charge in [0.15, 0.2) is 6.61 Å². The number of hydrogen-bond acceptors (Lipinski definition) is 4. The zero-order chi connectivity index (χ0) is 20.1. The third-order valence-electron chi connectivity index (χ3n) is 4.69. The van der Waals surface area contributed by atoms with Crippen LogP contribution in [0.25, 0.3) is 0 Å². The summed E-state index contributed by atoms with van der Waals surface area (Å²) in [6.07, 6.45) is 2.21. The summed E-state index contributed by atoms with van der Waals surface area (Å²) in [7, 11) is 0. The minimum atomic E-state index is -2.92. The molecule has 3 rings (SSSR count). The van der Waals surface area contributed by atoms with Crippen LogP contribution in [0.1, 0.15) is 24.8 Å². The van der Waals surface area contributed by atoms with Crippen molar-refractivity contribution in [3.63, 3.8) is 0 Å². The Hall–Kier alpha value is -2.67. The molecule has 0 saturated heterocycles. The first-order chi connectivity index (χ1) is 13.4. The fraction of sp³-hybridized carbons (Fsp3) is 0.300. The molecule has 1 aliphatic carbocycles. The fourth-order valence-corrected chi connectivity index (χ4v) is 3.22. The molecule has 0 aromatic heterocycles. The molecule has 1 fully saturated rings. The third-order valence-corrected chi connectivity index (χ3v) is 4.94. The van der Waals surface area contributed by atoms with Gasteiger partial charge in [-0.05, 0) is 54.8 Å². The van der Waals surface area contributed by atoms with E-state index in [2.05, 4.69) is 10.1 Å². The van der Waals surface area contributed by atoms with Crippen LogP contribution in [0, 0.1) is 0 Å². The number of nitrogens with one attached hydrogen (secondary N) is 1. The van der Waals surface area contributed by atoms with Crippen molar-refractivity contribution in [1.82, 2.24) is 0 Å². The molecule has 1 N–H and O–H groups in total. The summed E-state index contributed by atoms with van der Waals surface area (Å²) < 4.78 is 33.7. The minimum Gasteiger partial charge on any atom is -0.455 e. The van der Waals surface area contributed by atoms with Crippen LogP contribution < -0.4 is 10.1 Å². The Bertz CT molecular complexity index is 836. The van der Waals surface area contributed by atoms with Gasteiger partial charge >= 0.3 is 12.6 Å². The maximum atomic E-state index is 12.6. The van der Waals surface area contributed by atoms with Gasteiger partial charge in [0, 0.05) is 10.7 Å². The molecule has 28 heavy (non-hydrogen) atoms. The molecule has 1 saturated carbocycles. The van der Waals surface area contributed by atoms with Gasteiger partial charge in [0.2, 0.25) is 0 Å². The largest absolute Gasteiger partial charge is 0.455 e. The van der Waals surface area contributed by atoms with E-state index in [1.54, 1.807) is 24.3 Å². The topological polar surface area (TPSA) is 64.6 Å². The number of esters is 1. The second-order valence-corrected chi connectivity index (χ2v) is 6.91. The predicted molar refractivity (Wildman–Crippen MR) is 99.6 cm³/mol. The molecular weight excluding hydrogens is 392 g/mol. The predicted octanol–water partition coefficient (Wildman–Crippen LogP) is 4.55. The monoisotopic (exact) mass is 409 g/mol. The van der Waals surface area contributed by atoms with Crippen molar-refractivity contribution in [1.29, 1.82) is 0 Å². The van der Waals surface area contributed by atoms with E-state index in [-0.39, 0.29) is 5.75 Å². The lowest BCUT2D eigenvalue weighted by Gasteiger charge is -2.39. The number of halogens is 3. The molecule has 0 spiro atoms. The van der Waals surface area contributed by atoms with Gasteiger partial charge in [0.25, 0.3) is 5.91 Å². The smallest absolute Gasteiger partial charge is 0.387 e. The first-order valence-corrected chi connectivity index (χ1v) is 9.05. The number of amides is 1. The number of alkyl halides is 2. The second-order valence-electron chi connectivity index (χ2n) is 6.47. The van der Waals surface area contributed by atoms with E-state index in [1.165, 1.54) is 24.3 Å². The van der Waals surface area contributed by atoms with Gasteiger partial charge in [0.1, 0.15) is 5.75 Å². The van der Waals surface area contributed by atoms with E-state index in [9.17, 15) is 18.4 Å². The summed E-state index contributed by atoms with van der Waals surface area (Å²) >= 11 is 5.90. The van der Waals surface area contributed by atoms with Gasteiger partial charge < -0.3 is 14.8 Å². The van der Waals surface area contributed by atoms with E-state index >= 15 is 0 Å². The van der Waals surface area contributed by atoms with Crippen LogP contribution in [0.15, 0.2) is 48.5 Å². The Morgan fingerprint density at radius 3 is 2.25 bits per heavy atom. The van der Waals surface area contributed by atoms with E-state index in [0.29, 0.717) is 23.6 Å². The number of benzene rings is 2. The average Bonchev–Trinajstić information content (AvgIpc) is 2.62. The number of carbonyl (C=O) groups excluding carboxylic acids is 2. The molecule has 5 nitrogen and oxygen atoms in total. The molecule has 0 heterocycles. The van der Waals surface area contributed by atoms with Crippen LogP contribution in [-0.2, 0) is 19.7 Å². The molecule has 0 radical (unpaired) electrons. The van der Waals surface area contributed by atoms with Crippen LogP contribution in [0.5, 0.6) is 5.75 Å². The highest BCUT2D eigenvalue weighted by molar-refractivity contribution is 6.30. The first-order valence-electron chi connectivity index (χ1n) is 8.67. The van der Waals surface area contributed by atoms with Crippen molar-refractivity contribution in [2.75, 3.05) is 11.9 Å². The van der Waals surface area contributed by atoms with Gasteiger partial charge in [-0.3, -0.25) is 9.59 Å². The lowest BCUT2D eigenvalue weighted by atomic mass is 9.64. The van der Waals surface area contributed by atoms with Crippen molar-refractivity contribution in [2.24, 2.45) is 0 Å². The molecular formula is C20H18ClF2NO4. The number of carbonyl (C=O) groups is 2. The van der Waals surface area contributed by atoms with Gasteiger partial charge in [-0.15, -0.1) is 0 Å². The van der Waals surface area contributed by atoms with E-state index in [0.717, 1.165) is 12.0 Å². The van der Waals surface area contributed by atoms with Crippen LogP contribution in [0.3, 0.4) is 0 Å². The zero-order valence-electron chi connectivity index (χ0n) is 14.8. The van der Waals surface area contributed by atoms with Gasteiger partial charge in [-0.25, -0.2) is 0 Å². The normalized spacial score (nSPS) is 14.9. The Balaban J connectivity index is 1.55. The number of rotatable bonds is 7. The zero-order valence-corrected chi connectivity index (χ0v) is 15.5. The van der Waals surface area contributed by atoms with Crippen LogP contribution >= 0.6 is 11.6 Å². The van der Waals surface area contributed by atoms with Gasteiger partial charge in [-0.2, -0.15) is 8.78 Å². The Morgan fingerprint density at radius 2 is 1.71 bits per heavy atom. The minimum absolute atomic E-state index is 0.0192. The van der Waals surface area contributed by atoms with Crippen LogP contribution in [-0.4, -0.2) is 25.1 Å². The van der Waals surface area contributed by atoms with Crippen molar-refractivity contribution in [3.05, 3.63) is 59.1 Å². The first kappa shape index (κ1) is 20.1. The molecule has 1 aliphatic rings. The Labute approximate surface area is 165 Å². The van der Waals surface area contributed by atoms with Gasteiger partial charge in [0.05, 0.1) is 5.41 Å². The quantitative estimate of drug-likeness (QED) is 0.681. The molecule has 0 unspecified atom stereocenters. The van der Waals surface area contributed by atoms with Crippen molar-refractivity contribution in [2.45, 2.75) is 31.3 Å². The highest BCUT2D eigenvalue weighted by Gasteiger charge is 2.47. The molecule has 2 aromatic rings. The number of anilines is 1. The molecule has 0 atom stereocenters. The lowest BCUT2D eigenvalue weighted by molar-refractivity contribution is -0.156. The molecule has 1 amide bonds. The standard InChI is InChI=1S/C20H18ClF2NO4/c21-14-4-2-13(3-5-14)20(10-1-11-20)18(26)27-12-17(25)24-15-6-8-16(9-7-15)28-19(22)23/h2-9,19H,1,10-12H2,(H,24,25). The van der Waals surface area contributed by atoms with Gasteiger partial charge in [-0.1, -0.05) is 30.2 Å².